The van der Waals surface area contributed by atoms with Crippen molar-refractivity contribution in [2.45, 2.75) is 40.0 Å². The highest BCUT2D eigenvalue weighted by Gasteiger charge is 2.15. The van der Waals surface area contributed by atoms with E-state index in [1.165, 1.54) is 0 Å². The summed E-state index contributed by atoms with van der Waals surface area (Å²) in [6.45, 7) is 5.70. The smallest absolute Gasteiger partial charge is 0.217 e. The summed E-state index contributed by atoms with van der Waals surface area (Å²) < 4.78 is 0. The number of carbonyl (C=O) groups excluding carboxylic acids is 2. The van der Waals surface area contributed by atoms with Crippen LogP contribution in [0.3, 0.4) is 0 Å². The van der Waals surface area contributed by atoms with Gasteiger partial charge in [0, 0.05) is 12.8 Å². The van der Waals surface area contributed by atoms with Gasteiger partial charge in [-0.1, -0.05) is 13.8 Å². The van der Waals surface area contributed by atoms with E-state index in [2.05, 4.69) is 13.8 Å². The molecule has 0 rings (SSSR count). The number of rotatable bonds is 6. The minimum absolute atomic E-state index is 0.131. The standard InChI is InChI=1S/C10H19NO2/c1-7(2)4-9(5-8(3)12)6-10(11)13/h7,9H,4-6H2,1-3H3,(H2,11,13)/t9-/m0/s1. The molecule has 1 amide bonds. The van der Waals surface area contributed by atoms with E-state index >= 15 is 0 Å². The van der Waals surface area contributed by atoms with Crippen LogP contribution in [0, 0.1) is 11.8 Å². The summed E-state index contributed by atoms with van der Waals surface area (Å²) in [7, 11) is 0. The van der Waals surface area contributed by atoms with Gasteiger partial charge < -0.3 is 10.5 Å². The highest BCUT2D eigenvalue weighted by Crippen LogP contribution is 2.18. The average Bonchev–Trinajstić information content (AvgIpc) is 1.80. The van der Waals surface area contributed by atoms with Gasteiger partial charge in [-0.2, -0.15) is 0 Å². The van der Waals surface area contributed by atoms with Crippen molar-refractivity contribution in [3.05, 3.63) is 0 Å². The lowest BCUT2D eigenvalue weighted by molar-refractivity contribution is -0.120. The minimum atomic E-state index is -0.313. The van der Waals surface area contributed by atoms with Crippen molar-refractivity contribution in [3.63, 3.8) is 0 Å². The van der Waals surface area contributed by atoms with Crippen molar-refractivity contribution in [1.82, 2.24) is 0 Å². The van der Waals surface area contributed by atoms with E-state index in [1.54, 1.807) is 6.92 Å². The summed E-state index contributed by atoms with van der Waals surface area (Å²) in [6.07, 6.45) is 1.70. The maximum Gasteiger partial charge on any atom is 0.217 e. The van der Waals surface area contributed by atoms with E-state index in [9.17, 15) is 9.59 Å². The van der Waals surface area contributed by atoms with Gasteiger partial charge in [0.25, 0.3) is 0 Å². The lowest BCUT2D eigenvalue weighted by Gasteiger charge is -2.15. The fourth-order valence-corrected chi connectivity index (χ4v) is 1.60. The second-order valence-corrected chi connectivity index (χ2v) is 4.07. The van der Waals surface area contributed by atoms with Gasteiger partial charge in [-0.25, -0.2) is 0 Å². The quantitative estimate of drug-likeness (QED) is 0.681. The molecule has 2 N–H and O–H groups in total. The van der Waals surface area contributed by atoms with Crippen LogP contribution in [-0.4, -0.2) is 11.7 Å². The summed E-state index contributed by atoms with van der Waals surface area (Å²) in [5.74, 6) is 0.456. The molecule has 0 aliphatic rings. The van der Waals surface area contributed by atoms with Crippen LogP contribution < -0.4 is 5.73 Å². The van der Waals surface area contributed by atoms with Crippen LogP contribution in [0.1, 0.15) is 40.0 Å². The first-order chi connectivity index (χ1) is 5.91. The number of hydrogen-bond acceptors (Lipinski definition) is 2. The second-order valence-electron chi connectivity index (χ2n) is 4.07. The molecule has 0 spiro atoms. The zero-order chi connectivity index (χ0) is 10.4. The zero-order valence-electron chi connectivity index (χ0n) is 8.67. The summed E-state index contributed by atoms with van der Waals surface area (Å²) in [5.41, 5.74) is 5.09. The maximum atomic E-state index is 10.9. The first-order valence-corrected chi connectivity index (χ1v) is 4.69. The minimum Gasteiger partial charge on any atom is -0.370 e. The molecule has 0 aromatic carbocycles. The van der Waals surface area contributed by atoms with Crippen LogP contribution in [-0.2, 0) is 9.59 Å². The first kappa shape index (κ1) is 12.1. The molecule has 0 saturated carbocycles. The van der Waals surface area contributed by atoms with Gasteiger partial charge in [0.2, 0.25) is 5.91 Å². The summed E-state index contributed by atoms with van der Waals surface area (Å²) >= 11 is 0. The number of Topliss-reactive ketones (excluding diaryl/α,β-unsaturated/α-hetero) is 1. The summed E-state index contributed by atoms with van der Waals surface area (Å²) in [5, 5.41) is 0. The van der Waals surface area contributed by atoms with E-state index in [4.69, 9.17) is 5.73 Å². The van der Waals surface area contributed by atoms with E-state index in [0.717, 1.165) is 6.42 Å². The Bertz CT molecular complexity index is 171. The van der Waals surface area contributed by atoms with Crippen molar-refractivity contribution < 1.29 is 9.59 Å². The van der Waals surface area contributed by atoms with Crippen LogP contribution in [0.2, 0.25) is 0 Å². The predicted octanol–water partition coefficient (Wildman–Crippen LogP) is 1.50. The normalized spacial score (nSPS) is 12.9. The molecule has 0 fully saturated rings. The lowest BCUT2D eigenvalue weighted by Crippen LogP contribution is -2.19. The molecule has 1 atom stereocenters. The molecular weight excluding hydrogens is 166 g/mol. The second kappa shape index (κ2) is 5.73. The van der Waals surface area contributed by atoms with Crippen LogP contribution in [0.25, 0.3) is 0 Å². The Balaban J connectivity index is 4.02. The third-order valence-corrected chi connectivity index (χ3v) is 1.87. The van der Waals surface area contributed by atoms with Crippen LogP contribution in [0.4, 0.5) is 0 Å². The van der Waals surface area contributed by atoms with Crippen molar-refractivity contribution in [3.8, 4) is 0 Å². The Hall–Kier alpha value is -0.860. The van der Waals surface area contributed by atoms with Crippen LogP contribution in [0.5, 0.6) is 0 Å². The van der Waals surface area contributed by atoms with Gasteiger partial charge in [0.1, 0.15) is 5.78 Å². The molecular formula is C10H19NO2. The van der Waals surface area contributed by atoms with Crippen molar-refractivity contribution in [1.29, 1.82) is 0 Å². The number of carbonyl (C=O) groups is 2. The molecule has 3 nitrogen and oxygen atoms in total. The molecule has 0 saturated heterocycles. The summed E-state index contributed by atoms with van der Waals surface area (Å²) in [6, 6.07) is 0. The Morgan fingerprint density at radius 3 is 2.08 bits per heavy atom. The number of ketones is 1. The third kappa shape index (κ3) is 7.50. The fourth-order valence-electron chi connectivity index (χ4n) is 1.60. The number of nitrogens with two attached hydrogens (primary N) is 1. The molecule has 0 unspecified atom stereocenters. The molecule has 0 bridgehead atoms. The Morgan fingerprint density at radius 2 is 1.77 bits per heavy atom. The summed E-state index contributed by atoms with van der Waals surface area (Å²) in [4.78, 5) is 21.5. The fraction of sp³-hybridized carbons (Fsp3) is 0.800. The first-order valence-electron chi connectivity index (χ1n) is 4.69. The van der Waals surface area contributed by atoms with Gasteiger partial charge in [-0.15, -0.1) is 0 Å². The molecule has 3 heteroatoms. The Morgan fingerprint density at radius 1 is 1.23 bits per heavy atom. The van der Waals surface area contributed by atoms with Crippen LogP contribution >= 0.6 is 0 Å². The van der Waals surface area contributed by atoms with Gasteiger partial charge in [-0.05, 0) is 25.2 Å². The number of amides is 1. The average molecular weight is 185 g/mol. The van der Waals surface area contributed by atoms with Gasteiger partial charge in [0.15, 0.2) is 0 Å². The monoisotopic (exact) mass is 185 g/mol. The maximum absolute atomic E-state index is 10.9. The molecule has 0 aliphatic carbocycles. The lowest BCUT2D eigenvalue weighted by atomic mass is 9.90. The Kier molecular flexibility index (Phi) is 5.35. The van der Waals surface area contributed by atoms with Crippen molar-refractivity contribution in [2.24, 2.45) is 17.6 Å². The SMILES string of the molecule is CC(=O)C[C@@H](CC(N)=O)CC(C)C. The largest absolute Gasteiger partial charge is 0.370 e. The van der Waals surface area contributed by atoms with Crippen molar-refractivity contribution >= 4 is 11.7 Å². The van der Waals surface area contributed by atoms with Crippen LogP contribution in [0.15, 0.2) is 0 Å². The molecule has 0 heterocycles. The molecule has 0 aromatic heterocycles. The topological polar surface area (TPSA) is 60.2 Å². The highest BCUT2D eigenvalue weighted by atomic mass is 16.1. The zero-order valence-corrected chi connectivity index (χ0v) is 8.67. The molecule has 0 radical (unpaired) electrons. The highest BCUT2D eigenvalue weighted by molar-refractivity contribution is 5.78. The molecule has 76 valence electrons. The van der Waals surface area contributed by atoms with Gasteiger partial charge >= 0.3 is 0 Å². The van der Waals surface area contributed by atoms with E-state index < -0.39 is 0 Å². The predicted molar refractivity (Wildman–Crippen MR) is 52.1 cm³/mol. The molecule has 0 aliphatic heterocycles. The molecule has 0 aromatic rings. The van der Waals surface area contributed by atoms with Gasteiger partial charge in [-0.3, -0.25) is 4.79 Å². The third-order valence-electron chi connectivity index (χ3n) is 1.87. The number of hydrogen-bond donors (Lipinski definition) is 1. The Labute approximate surface area is 79.7 Å². The number of primary amides is 1. The molecule has 13 heavy (non-hydrogen) atoms. The van der Waals surface area contributed by atoms with E-state index in [0.29, 0.717) is 18.8 Å². The van der Waals surface area contributed by atoms with Crippen molar-refractivity contribution in [2.75, 3.05) is 0 Å². The van der Waals surface area contributed by atoms with Gasteiger partial charge in [0.05, 0.1) is 0 Å². The van der Waals surface area contributed by atoms with E-state index in [1.807, 2.05) is 0 Å². The van der Waals surface area contributed by atoms with E-state index in [-0.39, 0.29) is 17.6 Å².